The number of nitrogens with zero attached hydrogens (tertiary/aromatic N) is 2. The fourth-order valence-corrected chi connectivity index (χ4v) is 5.00. The van der Waals surface area contributed by atoms with Crippen molar-refractivity contribution in [3.8, 4) is 0 Å². The van der Waals surface area contributed by atoms with Gasteiger partial charge >= 0.3 is 0 Å². The normalized spacial score (nSPS) is 23.7. The summed E-state index contributed by atoms with van der Waals surface area (Å²) in [5, 5.41) is 0. The van der Waals surface area contributed by atoms with E-state index in [1.165, 1.54) is 10.5 Å². The summed E-state index contributed by atoms with van der Waals surface area (Å²) in [6.45, 7) is 4.93. The molecule has 3 heterocycles. The lowest BCUT2D eigenvalue weighted by Gasteiger charge is -2.19. The first-order valence-corrected chi connectivity index (χ1v) is 12.0. The number of ether oxygens (including phenoxy) is 1. The van der Waals surface area contributed by atoms with Crippen LogP contribution in [0.1, 0.15) is 16.7 Å². The van der Waals surface area contributed by atoms with Crippen molar-refractivity contribution < 1.29 is 18.9 Å². The molecule has 2 aliphatic heterocycles. The number of carbonyl (C=O) groups excluding carboxylic acids is 2. The minimum Gasteiger partial charge on any atom is -0.365 e. The Morgan fingerprint density at radius 2 is 1.51 bits per heavy atom. The first-order valence-electron chi connectivity index (χ1n) is 12.0. The molecule has 4 atom stereocenters. The Hall–Kier alpha value is -3.83. The second-order valence-electron chi connectivity index (χ2n) is 9.07. The van der Waals surface area contributed by atoms with E-state index in [9.17, 15) is 9.59 Å². The summed E-state index contributed by atoms with van der Waals surface area (Å²) < 4.78 is 8.16. The number of carbonyl (C=O) groups is 2. The molecule has 2 aliphatic rings. The van der Waals surface area contributed by atoms with Crippen LogP contribution >= 0.6 is 0 Å². The van der Waals surface area contributed by atoms with Gasteiger partial charge in [-0.25, -0.2) is 4.57 Å². The molecule has 0 N–H and O–H groups in total. The van der Waals surface area contributed by atoms with Crippen LogP contribution in [0.2, 0.25) is 0 Å². The minimum atomic E-state index is -0.528. The quantitative estimate of drug-likeness (QED) is 0.287. The van der Waals surface area contributed by atoms with Gasteiger partial charge in [0.2, 0.25) is 11.8 Å². The van der Waals surface area contributed by atoms with Crippen LogP contribution in [-0.4, -0.2) is 28.9 Å². The predicted octanol–water partition coefficient (Wildman–Crippen LogP) is 3.98. The largest absolute Gasteiger partial charge is 0.365 e. The maximum Gasteiger partial charge on any atom is 0.236 e. The molecule has 2 aromatic carbocycles. The van der Waals surface area contributed by atoms with Gasteiger partial charge in [0, 0.05) is 18.1 Å². The second-order valence-corrected chi connectivity index (χ2v) is 9.07. The molecule has 35 heavy (non-hydrogen) atoms. The van der Waals surface area contributed by atoms with Crippen LogP contribution in [0, 0.1) is 11.8 Å². The Morgan fingerprint density at radius 1 is 0.857 bits per heavy atom. The van der Waals surface area contributed by atoms with Gasteiger partial charge in [0.1, 0.15) is 0 Å². The first-order chi connectivity index (χ1) is 17.1. The van der Waals surface area contributed by atoms with E-state index in [4.69, 9.17) is 4.74 Å². The minimum absolute atomic E-state index is 0.174. The molecule has 2 saturated heterocycles. The maximum absolute atomic E-state index is 13.4. The molecule has 5 nitrogen and oxygen atoms in total. The van der Waals surface area contributed by atoms with E-state index >= 15 is 0 Å². The van der Waals surface area contributed by atoms with E-state index in [2.05, 4.69) is 23.3 Å². The number of hydrogen-bond acceptors (Lipinski definition) is 3. The second kappa shape index (κ2) is 10.2. The number of imide groups is 1. The smallest absolute Gasteiger partial charge is 0.236 e. The SMILES string of the molecule is C=C[C@H]1O[C@@H](/C=C/c2ccccc2)[C@@H]2C(=O)N(Cc3ccc[n+](CCc4ccccc4)c3)C(=O)[C@@H]21. The van der Waals surface area contributed by atoms with Crippen molar-refractivity contribution >= 4 is 17.9 Å². The molecular formula is C30H29N2O3+. The van der Waals surface area contributed by atoms with E-state index in [0.29, 0.717) is 0 Å². The summed E-state index contributed by atoms with van der Waals surface area (Å²) >= 11 is 0. The highest BCUT2D eigenvalue weighted by Crippen LogP contribution is 2.42. The van der Waals surface area contributed by atoms with Crippen LogP contribution in [0.25, 0.3) is 6.08 Å². The average molecular weight is 466 g/mol. The fraction of sp³-hybridized carbons (Fsp3) is 0.233. The van der Waals surface area contributed by atoms with Crippen molar-refractivity contribution in [3.63, 3.8) is 0 Å². The third kappa shape index (κ3) is 4.86. The molecular weight excluding hydrogens is 436 g/mol. The van der Waals surface area contributed by atoms with Gasteiger partial charge in [-0.15, -0.1) is 6.58 Å². The Bertz CT molecular complexity index is 1240. The molecule has 0 aliphatic carbocycles. The van der Waals surface area contributed by atoms with E-state index < -0.39 is 24.0 Å². The summed E-state index contributed by atoms with van der Waals surface area (Å²) in [4.78, 5) is 28.2. The molecule has 3 aromatic rings. The summed E-state index contributed by atoms with van der Waals surface area (Å²) in [6, 6.07) is 24.1. The standard InChI is InChI=1S/C30H29N2O3/c1-2-25-27-28(26(35-25)16-15-22-10-5-3-6-11-22)30(34)32(29(27)33)21-24-14-9-18-31(20-24)19-17-23-12-7-4-8-13-23/h2-16,18,20,25-28H,1,17,19,21H2/q+1/b16-15+/t25-,26+,27-,28+/m1/s1. The zero-order chi connectivity index (χ0) is 24.2. The molecule has 0 spiro atoms. The number of likely N-dealkylation sites (tertiary alicyclic amines) is 1. The lowest BCUT2D eigenvalue weighted by atomic mass is 9.89. The van der Waals surface area contributed by atoms with Gasteiger partial charge in [-0.05, 0) is 17.2 Å². The van der Waals surface area contributed by atoms with Gasteiger partial charge in [0.15, 0.2) is 18.9 Å². The van der Waals surface area contributed by atoms with E-state index in [1.54, 1.807) is 6.08 Å². The van der Waals surface area contributed by atoms with Gasteiger partial charge < -0.3 is 4.74 Å². The number of amides is 2. The molecule has 0 radical (unpaired) electrons. The molecule has 2 amide bonds. The van der Waals surface area contributed by atoms with Crippen LogP contribution in [0.5, 0.6) is 0 Å². The highest BCUT2D eigenvalue weighted by Gasteiger charge is 2.58. The highest BCUT2D eigenvalue weighted by atomic mass is 16.5. The molecule has 1 aromatic heterocycles. The Balaban J connectivity index is 1.31. The zero-order valence-electron chi connectivity index (χ0n) is 19.6. The first kappa shape index (κ1) is 22.9. The number of benzene rings is 2. The van der Waals surface area contributed by atoms with Crippen molar-refractivity contribution in [2.75, 3.05) is 0 Å². The molecule has 0 bridgehead atoms. The number of hydrogen-bond donors (Lipinski definition) is 0. The van der Waals surface area contributed by atoms with Crippen LogP contribution in [0.3, 0.4) is 0 Å². The van der Waals surface area contributed by atoms with Crippen LogP contribution in [0.4, 0.5) is 0 Å². The average Bonchev–Trinajstić information content (AvgIpc) is 3.39. The van der Waals surface area contributed by atoms with Crippen molar-refractivity contribution in [1.29, 1.82) is 0 Å². The molecule has 5 rings (SSSR count). The maximum atomic E-state index is 13.4. The van der Waals surface area contributed by atoms with Crippen LogP contribution in [0.15, 0.2) is 104 Å². The molecule has 176 valence electrons. The third-order valence-electron chi connectivity index (χ3n) is 6.78. The number of aryl methyl sites for hydroxylation is 2. The number of pyridine rings is 1. The highest BCUT2D eigenvalue weighted by molar-refractivity contribution is 6.06. The Morgan fingerprint density at radius 3 is 2.23 bits per heavy atom. The lowest BCUT2D eigenvalue weighted by Crippen LogP contribution is -2.37. The number of rotatable bonds is 8. The van der Waals surface area contributed by atoms with Gasteiger partial charge in [-0.2, -0.15) is 0 Å². The lowest BCUT2D eigenvalue weighted by molar-refractivity contribution is -0.696. The van der Waals surface area contributed by atoms with Crippen LogP contribution < -0.4 is 4.57 Å². The summed E-state index contributed by atoms with van der Waals surface area (Å²) in [7, 11) is 0. The predicted molar refractivity (Wildman–Crippen MR) is 134 cm³/mol. The number of aromatic nitrogens is 1. The fourth-order valence-electron chi connectivity index (χ4n) is 5.00. The Kier molecular flexibility index (Phi) is 6.68. The topological polar surface area (TPSA) is 50.5 Å². The molecule has 0 unspecified atom stereocenters. The zero-order valence-corrected chi connectivity index (χ0v) is 19.6. The van der Waals surface area contributed by atoms with E-state index in [-0.39, 0.29) is 18.4 Å². The number of fused-ring (bicyclic) bond motifs is 1. The Labute approximate surface area is 206 Å². The summed E-state index contributed by atoms with van der Waals surface area (Å²) in [5.74, 6) is -1.41. The molecule has 2 fully saturated rings. The van der Waals surface area contributed by atoms with Crippen molar-refractivity contribution in [2.45, 2.75) is 31.7 Å². The van der Waals surface area contributed by atoms with Crippen molar-refractivity contribution in [3.05, 3.63) is 121 Å². The van der Waals surface area contributed by atoms with Gasteiger partial charge in [0.25, 0.3) is 0 Å². The summed E-state index contributed by atoms with van der Waals surface area (Å²) in [5.41, 5.74) is 3.22. The van der Waals surface area contributed by atoms with E-state index in [1.807, 2.05) is 85.2 Å². The van der Waals surface area contributed by atoms with E-state index in [0.717, 1.165) is 24.1 Å². The van der Waals surface area contributed by atoms with Crippen molar-refractivity contribution in [1.82, 2.24) is 4.90 Å². The molecule has 5 heteroatoms. The van der Waals surface area contributed by atoms with Gasteiger partial charge in [-0.3, -0.25) is 14.5 Å². The third-order valence-corrected chi connectivity index (χ3v) is 6.78. The van der Waals surface area contributed by atoms with Crippen molar-refractivity contribution in [2.24, 2.45) is 11.8 Å². The van der Waals surface area contributed by atoms with Gasteiger partial charge in [0.05, 0.1) is 30.6 Å². The summed E-state index contributed by atoms with van der Waals surface area (Å²) in [6.07, 6.45) is 9.49. The van der Waals surface area contributed by atoms with Gasteiger partial charge in [-0.1, -0.05) is 78.9 Å². The molecule has 0 saturated carbocycles. The monoisotopic (exact) mass is 465 g/mol. The van der Waals surface area contributed by atoms with Crippen LogP contribution in [-0.2, 0) is 33.8 Å².